The number of ether oxygens (including phenoxy) is 3. The standard InChI is InChI=1S/C21H34O5/c1-9-20(14(4)5)11-21(24-8,12-26-17(22)13(2)3)19(6,7)15-10-25-18(23)16(15)20/h14-16H,2,9-12H2,1,3-8H3. The number of methoxy groups -OCH3 is 1. The molecule has 1 heterocycles. The van der Waals surface area contributed by atoms with Crippen molar-refractivity contribution in [1.82, 2.24) is 0 Å². The Kier molecular flexibility index (Phi) is 5.63. The fourth-order valence-corrected chi connectivity index (χ4v) is 5.24. The molecule has 1 saturated carbocycles. The molecule has 1 aliphatic heterocycles. The zero-order valence-corrected chi connectivity index (χ0v) is 17.3. The summed E-state index contributed by atoms with van der Waals surface area (Å²) in [5.74, 6) is -0.364. The van der Waals surface area contributed by atoms with Gasteiger partial charge in [-0.15, -0.1) is 0 Å². The summed E-state index contributed by atoms with van der Waals surface area (Å²) in [4.78, 5) is 24.7. The quantitative estimate of drug-likeness (QED) is 0.529. The van der Waals surface area contributed by atoms with E-state index in [0.717, 1.165) is 6.42 Å². The lowest BCUT2D eigenvalue weighted by atomic mass is 9.45. The van der Waals surface area contributed by atoms with Gasteiger partial charge in [-0.25, -0.2) is 4.79 Å². The van der Waals surface area contributed by atoms with E-state index in [-0.39, 0.29) is 41.2 Å². The van der Waals surface area contributed by atoms with Gasteiger partial charge < -0.3 is 14.2 Å². The van der Waals surface area contributed by atoms with E-state index in [1.807, 2.05) is 0 Å². The van der Waals surface area contributed by atoms with Gasteiger partial charge in [0.1, 0.15) is 12.2 Å². The van der Waals surface area contributed by atoms with Crippen LogP contribution >= 0.6 is 0 Å². The Morgan fingerprint density at radius 3 is 2.46 bits per heavy atom. The molecule has 0 aromatic heterocycles. The molecule has 4 atom stereocenters. The number of carbonyl (C=O) groups excluding carboxylic acids is 2. The van der Waals surface area contributed by atoms with E-state index in [4.69, 9.17) is 14.2 Å². The monoisotopic (exact) mass is 366 g/mol. The minimum absolute atomic E-state index is 0.0228. The number of rotatable bonds is 6. The maximum Gasteiger partial charge on any atom is 0.333 e. The predicted molar refractivity (Wildman–Crippen MR) is 99.4 cm³/mol. The third-order valence-corrected chi connectivity index (χ3v) is 7.38. The first kappa shape index (κ1) is 20.9. The Bertz CT molecular complexity index is 593. The lowest BCUT2D eigenvalue weighted by Crippen LogP contribution is -2.65. The van der Waals surface area contributed by atoms with E-state index < -0.39 is 11.6 Å². The second-order valence-electron chi connectivity index (χ2n) is 8.91. The number of carbonyl (C=O) groups is 2. The molecule has 2 fully saturated rings. The number of hydrogen-bond acceptors (Lipinski definition) is 5. The van der Waals surface area contributed by atoms with Gasteiger partial charge >= 0.3 is 11.9 Å². The number of esters is 2. The molecule has 5 nitrogen and oxygen atoms in total. The normalized spacial score (nSPS) is 35.8. The predicted octanol–water partition coefficient (Wildman–Crippen LogP) is 3.76. The van der Waals surface area contributed by atoms with Crippen LogP contribution in [0.4, 0.5) is 0 Å². The second kappa shape index (κ2) is 6.99. The van der Waals surface area contributed by atoms with Crippen molar-refractivity contribution in [1.29, 1.82) is 0 Å². The zero-order valence-electron chi connectivity index (χ0n) is 17.3. The average molecular weight is 366 g/mol. The first-order valence-corrected chi connectivity index (χ1v) is 9.53. The van der Waals surface area contributed by atoms with Crippen molar-refractivity contribution in [2.24, 2.45) is 28.6 Å². The maximum atomic E-state index is 12.7. The van der Waals surface area contributed by atoms with E-state index in [1.54, 1.807) is 14.0 Å². The van der Waals surface area contributed by atoms with Crippen LogP contribution in [0.3, 0.4) is 0 Å². The van der Waals surface area contributed by atoms with Crippen LogP contribution in [-0.2, 0) is 23.8 Å². The third kappa shape index (κ3) is 2.88. The van der Waals surface area contributed by atoms with Gasteiger partial charge in [0.2, 0.25) is 0 Å². The molecule has 0 N–H and O–H groups in total. The van der Waals surface area contributed by atoms with Gasteiger partial charge in [0.05, 0.1) is 12.5 Å². The fraction of sp³-hybridized carbons (Fsp3) is 0.810. The van der Waals surface area contributed by atoms with Crippen LogP contribution in [-0.4, -0.2) is 37.9 Å². The lowest BCUT2D eigenvalue weighted by Gasteiger charge is -2.61. The van der Waals surface area contributed by atoms with Crippen molar-refractivity contribution >= 4 is 11.9 Å². The van der Waals surface area contributed by atoms with Crippen LogP contribution in [0.1, 0.15) is 54.4 Å². The molecule has 2 aliphatic rings. The highest BCUT2D eigenvalue weighted by Crippen LogP contribution is 2.64. The summed E-state index contributed by atoms with van der Waals surface area (Å²) in [7, 11) is 1.68. The Morgan fingerprint density at radius 2 is 2.00 bits per heavy atom. The van der Waals surface area contributed by atoms with Crippen LogP contribution in [0.2, 0.25) is 0 Å². The topological polar surface area (TPSA) is 61.8 Å². The van der Waals surface area contributed by atoms with Crippen LogP contribution in [0.5, 0.6) is 0 Å². The molecule has 0 radical (unpaired) electrons. The van der Waals surface area contributed by atoms with Gasteiger partial charge in [0.15, 0.2) is 0 Å². The van der Waals surface area contributed by atoms with E-state index in [2.05, 4.69) is 41.2 Å². The first-order chi connectivity index (χ1) is 12.0. The summed E-state index contributed by atoms with van der Waals surface area (Å²) in [6, 6.07) is 0. The number of fused-ring (bicyclic) bond motifs is 1. The number of hydrogen-bond donors (Lipinski definition) is 0. The minimum Gasteiger partial charge on any atom is -0.465 e. The molecule has 0 bridgehead atoms. The Hall–Kier alpha value is -1.36. The molecular formula is C21H34O5. The van der Waals surface area contributed by atoms with Gasteiger partial charge in [0, 0.05) is 24.0 Å². The molecule has 2 rings (SSSR count). The smallest absolute Gasteiger partial charge is 0.333 e. The molecule has 148 valence electrons. The van der Waals surface area contributed by atoms with Crippen LogP contribution < -0.4 is 0 Å². The highest BCUT2D eigenvalue weighted by molar-refractivity contribution is 5.87. The van der Waals surface area contributed by atoms with E-state index in [0.29, 0.717) is 18.6 Å². The largest absolute Gasteiger partial charge is 0.465 e. The van der Waals surface area contributed by atoms with Crippen molar-refractivity contribution in [3.8, 4) is 0 Å². The SMILES string of the molecule is C=C(C)C(=O)OCC1(OC)CC(CC)(C(C)C)C2C(=O)OCC2C1(C)C. The van der Waals surface area contributed by atoms with Gasteiger partial charge in [-0.3, -0.25) is 4.79 Å². The average Bonchev–Trinajstić information content (AvgIpc) is 2.97. The summed E-state index contributed by atoms with van der Waals surface area (Å²) in [5.41, 5.74) is -0.957. The molecule has 1 saturated heterocycles. The molecule has 5 heteroatoms. The van der Waals surface area contributed by atoms with E-state index >= 15 is 0 Å². The van der Waals surface area contributed by atoms with E-state index in [9.17, 15) is 9.59 Å². The summed E-state index contributed by atoms with van der Waals surface area (Å²) < 4.78 is 17.2. The second-order valence-corrected chi connectivity index (χ2v) is 8.91. The lowest BCUT2D eigenvalue weighted by molar-refractivity contribution is -0.229. The van der Waals surface area contributed by atoms with Crippen LogP contribution in [0, 0.1) is 28.6 Å². The molecule has 4 unspecified atom stereocenters. The molecule has 0 aromatic rings. The Balaban J connectivity index is 2.52. The van der Waals surface area contributed by atoms with E-state index in [1.165, 1.54) is 0 Å². The van der Waals surface area contributed by atoms with Crippen molar-refractivity contribution < 1.29 is 23.8 Å². The molecule has 1 aliphatic carbocycles. The third-order valence-electron chi connectivity index (χ3n) is 7.38. The highest BCUT2D eigenvalue weighted by Gasteiger charge is 2.68. The number of cyclic esters (lactones) is 1. The Morgan fingerprint density at radius 1 is 1.38 bits per heavy atom. The van der Waals surface area contributed by atoms with Gasteiger partial charge in [-0.05, 0) is 31.1 Å². The van der Waals surface area contributed by atoms with Gasteiger partial charge in [-0.1, -0.05) is 41.2 Å². The van der Waals surface area contributed by atoms with Gasteiger partial charge in [0.25, 0.3) is 0 Å². The summed E-state index contributed by atoms with van der Waals surface area (Å²) in [6.07, 6.45) is 1.49. The van der Waals surface area contributed by atoms with Crippen molar-refractivity contribution in [3.63, 3.8) is 0 Å². The van der Waals surface area contributed by atoms with Crippen molar-refractivity contribution in [3.05, 3.63) is 12.2 Å². The molecule has 26 heavy (non-hydrogen) atoms. The molecular weight excluding hydrogens is 332 g/mol. The summed E-state index contributed by atoms with van der Waals surface area (Å²) in [5, 5.41) is 0. The minimum atomic E-state index is -0.687. The van der Waals surface area contributed by atoms with Crippen LogP contribution in [0.15, 0.2) is 12.2 Å². The molecule has 0 aromatic carbocycles. The van der Waals surface area contributed by atoms with Crippen molar-refractivity contribution in [2.45, 2.75) is 60.0 Å². The fourth-order valence-electron chi connectivity index (χ4n) is 5.24. The highest BCUT2D eigenvalue weighted by atomic mass is 16.6. The summed E-state index contributed by atoms with van der Waals surface area (Å²) >= 11 is 0. The van der Waals surface area contributed by atoms with Crippen LogP contribution in [0.25, 0.3) is 0 Å². The Labute approximate surface area is 157 Å². The molecule has 0 spiro atoms. The first-order valence-electron chi connectivity index (χ1n) is 9.53. The zero-order chi connectivity index (χ0) is 19.9. The molecule has 0 amide bonds. The van der Waals surface area contributed by atoms with Crippen molar-refractivity contribution in [2.75, 3.05) is 20.3 Å². The summed E-state index contributed by atoms with van der Waals surface area (Å²) in [6.45, 7) is 16.5. The van der Waals surface area contributed by atoms with Gasteiger partial charge in [-0.2, -0.15) is 0 Å². The maximum absolute atomic E-state index is 12.7.